The average molecular weight is 256 g/mol. The lowest BCUT2D eigenvalue weighted by molar-refractivity contribution is 0.0847. The number of fused-ring (bicyclic) bond motifs is 1. The highest BCUT2D eigenvalue weighted by molar-refractivity contribution is 6.00. The first-order valence-corrected chi connectivity index (χ1v) is 5.82. The minimum absolute atomic E-state index is 0. The molecule has 0 aliphatic carbocycles. The molecule has 2 aromatic rings. The summed E-state index contributed by atoms with van der Waals surface area (Å²) >= 11 is 0. The van der Waals surface area contributed by atoms with Crippen molar-refractivity contribution >= 4 is 5.78 Å². The number of benzene rings is 2. The molecule has 1 aliphatic heterocycles. The van der Waals surface area contributed by atoms with E-state index in [1.807, 2.05) is 18.2 Å². The highest BCUT2D eigenvalue weighted by Crippen LogP contribution is 2.37. The molecule has 1 heterocycles. The molecule has 3 nitrogen and oxygen atoms in total. The molecule has 98 valence electrons. The lowest BCUT2D eigenvalue weighted by Crippen LogP contribution is -2.20. The monoisotopic (exact) mass is 256 g/mol. The summed E-state index contributed by atoms with van der Waals surface area (Å²) in [5.41, 5.74) is 1.27. The number of Topliss-reactive ketones (excluding diaryl/α,β-unsaturated/α-hetero) is 1. The van der Waals surface area contributed by atoms with Gasteiger partial charge < -0.3 is 9.84 Å². The van der Waals surface area contributed by atoms with Gasteiger partial charge in [-0.05, 0) is 18.2 Å². The van der Waals surface area contributed by atoms with Gasteiger partial charge in [-0.15, -0.1) is 0 Å². The molecular formula is C16H16O3. The molecule has 0 radical (unpaired) electrons. The molecule has 0 aromatic heterocycles. The van der Waals surface area contributed by atoms with E-state index >= 15 is 0 Å². The number of para-hydroxylation sites is 2. The Kier molecular flexibility index (Phi) is 3.56. The second-order valence-electron chi connectivity index (χ2n) is 4.29. The van der Waals surface area contributed by atoms with Crippen molar-refractivity contribution in [3.63, 3.8) is 0 Å². The van der Waals surface area contributed by atoms with Crippen molar-refractivity contribution in [2.75, 3.05) is 0 Å². The summed E-state index contributed by atoms with van der Waals surface area (Å²) in [7, 11) is 0. The van der Waals surface area contributed by atoms with Gasteiger partial charge in [-0.1, -0.05) is 37.8 Å². The fourth-order valence-electron chi connectivity index (χ4n) is 2.21. The predicted octanol–water partition coefficient (Wildman–Crippen LogP) is 3.73. The molecule has 1 aliphatic rings. The highest BCUT2D eigenvalue weighted by Gasteiger charge is 2.28. The van der Waals surface area contributed by atoms with Crippen molar-refractivity contribution in [3.8, 4) is 11.5 Å². The molecule has 3 rings (SSSR count). The SMILES string of the molecule is C.O=C1CC(c2ccccc2O)Oc2ccccc21. The third-order valence-corrected chi connectivity index (χ3v) is 3.11. The van der Waals surface area contributed by atoms with Gasteiger partial charge in [-0.2, -0.15) is 0 Å². The Balaban J connectivity index is 0.00000133. The van der Waals surface area contributed by atoms with Crippen LogP contribution in [0.2, 0.25) is 0 Å². The number of phenolic OH excluding ortho intramolecular Hbond substituents is 1. The Bertz CT molecular complexity index is 604. The topological polar surface area (TPSA) is 46.5 Å². The summed E-state index contributed by atoms with van der Waals surface area (Å²) in [6, 6.07) is 14.1. The number of ether oxygens (including phenoxy) is 1. The van der Waals surface area contributed by atoms with Crippen molar-refractivity contribution in [3.05, 3.63) is 59.7 Å². The van der Waals surface area contributed by atoms with Crippen LogP contribution in [-0.2, 0) is 0 Å². The van der Waals surface area contributed by atoms with Crippen molar-refractivity contribution in [2.24, 2.45) is 0 Å². The van der Waals surface area contributed by atoms with E-state index in [0.717, 1.165) is 0 Å². The zero-order valence-corrected chi connectivity index (χ0v) is 9.67. The Hall–Kier alpha value is -2.29. The molecule has 0 amide bonds. The third-order valence-electron chi connectivity index (χ3n) is 3.11. The average Bonchev–Trinajstić information content (AvgIpc) is 2.39. The predicted molar refractivity (Wildman–Crippen MR) is 73.6 cm³/mol. The number of carbonyl (C=O) groups is 1. The van der Waals surface area contributed by atoms with Crippen LogP contribution in [0.3, 0.4) is 0 Å². The van der Waals surface area contributed by atoms with Gasteiger partial charge in [-0.3, -0.25) is 4.79 Å². The van der Waals surface area contributed by atoms with E-state index in [4.69, 9.17) is 4.74 Å². The fourth-order valence-corrected chi connectivity index (χ4v) is 2.21. The van der Waals surface area contributed by atoms with Crippen LogP contribution < -0.4 is 4.74 Å². The maximum atomic E-state index is 12.0. The van der Waals surface area contributed by atoms with E-state index in [9.17, 15) is 9.90 Å². The molecule has 1 unspecified atom stereocenters. The molecule has 1 N–H and O–H groups in total. The van der Waals surface area contributed by atoms with Crippen molar-refractivity contribution < 1.29 is 14.6 Å². The van der Waals surface area contributed by atoms with E-state index in [0.29, 0.717) is 16.9 Å². The number of carbonyl (C=O) groups excluding carboxylic acids is 1. The van der Waals surface area contributed by atoms with Crippen LogP contribution in [0.1, 0.15) is 35.9 Å². The minimum Gasteiger partial charge on any atom is -0.508 e. The van der Waals surface area contributed by atoms with Crippen molar-refractivity contribution in [2.45, 2.75) is 20.0 Å². The molecule has 0 spiro atoms. The van der Waals surface area contributed by atoms with Gasteiger partial charge in [0.05, 0.1) is 12.0 Å². The Morgan fingerprint density at radius 2 is 1.74 bits per heavy atom. The Labute approximate surface area is 112 Å². The zero-order chi connectivity index (χ0) is 12.5. The van der Waals surface area contributed by atoms with E-state index < -0.39 is 6.10 Å². The highest BCUT2D eigenvalue weighted by atomic mass is 16.5. The van der Waals surface area contributed by atoms with Gasteiger partial charge in [0.1, 0.15) is 17.6 Å². The lowest BCUT2D eigenvalue weighted by Gasteiger charge is -2.25. The van der Waals surface area contributed by atoms with Gasteiger partial charge in [0, 0.05) is 5.56 Å². The molecule has 0 saturated heterocycles. The summed E-state index contributed by atoms with van der Waals surface area (Å²) < 4.78 is 5.79. The van der Waals surface area contributed by atoms with Crippen LogP contribution in [0.5, 0.6) is 11.5 Å². The molecule has 3 heteroatoms. The summed E-state index contributed by atoms with van der Waals surface area (Å²) in [6.07, 6.45) is -0.150. The van der Waals surface area contributed by atoms with Crippen LogP contribution in [-0.4, -0.2) is 10.9 Å². The van der Waals surface area contributed by atoms with E-state index in [-0.39, 0.29) is 25.4 Å². The maximum Gasteiger partial charge on any atom is 0.170 e. The van der Waals surface area contributed by atoms with Crippen molar-refractivity contribution in [1.29, 1.82) is 0 Å². The summed E-state index contributed by atoms with van der Waals surface area (Å²) in [5.74, 6) is 0.793. The van der Waals surface area contributed by atoms with Crippen molar-refractivity contribution in [1.82, 2.24) is 0 Å². The Morgan fingerprint density at radius 3 is 2.53 bits per heavy atom. The summed E-state index contributed by atoms with van der Waals surface area (Å²) in [5, 5.41) is 9.81. The first kappa shape index (κ1) is 13.1. The number of hydrogen-bond donors (Lipinski definition) is 1. The maximum absolute atomic E-state index is 12.0. The van der Waals surface area contributed by atoms with Gasteiger partial charge in [0.2, 0.25) is 0 Å². The number of aromatic hydroxyl groups is 1. The smallest absolute Gasteiger partial charge is 0.170 e. The molecular weight excluding hydrogens is 240 g/mol. The quantitative estimate of drug-likeness (QED) is 0.845. The van der Waals surface area contributed by atoms with Gasteiger partial charge in [-0.25, -0.2) is 0 Å². The standard InChI is InChI=1S/C15H12O3.CH4/c16-12-7-3-1-5-10(12)15-9-13(17)11-6-2-4-8-14(11)18-15;/h1-8,15-16H,9H2;1H4. The van der Waals surface area contributed by atoms with Crippen LogP contribution >= 0.6 is 0 Å². The number of ketones is 1. The van der Waals surface area contributed by atoms with E-state index in [2.05, 4.69) is 0 Å². The van der Waals surface area contributed by atoms with E-state index in [1.54, 1.807) is 30.3 Å². The summed E-state index contributed by atoms with van der Waals surface area (Å²) in [6.45, 7) is 0. The fraction of sp³-hybridized carbons (Fsp3) is 0.188. The van der Waals surface area contributed by atoms with Gasteiger partial charge >= 0.3 is 0 Å². The van der Waals surface area contributed by atoms with Crippen LogP contribution in [0.4, 0.5) is 0 Å². The zero-order valence-electron chi connectivity index (χ0n) is 9.67. The Morgan fingerprint density at radius 1 is 1.05 bits per heavy atom. The molecule has 1 atom stereocenters. The largest absolute Gasteiger partial charge is 0.508 e. The normalized spacial score (nSPS) is 17.1. The third kappa shape index (κ3) is 2.32. The molecule has 0 fully saturated rings. The number of phenols is 1. The first-order valence-electron chi connectivity index (χ1n) is 5.82. The van der Waals surface area contributed by atoms with Crippen LogP contribution in [0, 0.1) is 0 Å². The second kappa shape index (κ2) is 5.14. The van der Waals surface area contributed by atoms with Crippen LogP contribution in [0.25, 0.3) is 0 Å². The number of hydrogen-bond acceptors (Lipinski definition) is 3. The molecule has 2 aromatic carbocycles. The molecule has 0 bridgehead atoms. The first-order chi connectivity index (χ1) is 8.75. The lowest BCUT2D eigenvalue weighted by atomic mass is 9.96. The van der Waals surface area contributed by atoms with E-state index in [1.165, 1.54) is 0 Å². The summed E-state index contributed by atoms with van der Waals surface area (Å²) in [4.78, 5) is 12.0. The second-order valence-corrected chi connectivity index (χ2v) is 4.29. The minimum atomic E-state index is -0.409. The van der Waals surface area contributed by atoms with Crippen LogP contribution in [0.15, 0.2) is 48.5 Å². The van der Waals surface area contributed by atoms with Gasteiger partial charge in [0.25, 0.3) is 0 Å². The van der Waals surface area contributed by atoms with Gasteiger partial charge in [0.15, 0.2) is 5.78 Å². The molecule has 19 heavy (non-hydrogen) atoms. The number of rotatable bonds is 1. The molecule has 0 saturated carbocycles.